The van der Waals surface area contributed by atoms with Gasteiger partial charge in [0, 0.05) is 37.9 Å². The summed E-state index contributed by atoms with van der Waals surface area (Å²) in [6.07, 6.45) is 3.32. The number of piperazine rings is 1. The van der Waals surface area contributed by atoms with Crippen molar-refractivity contribution in [3.05, 3.63) is 23.9 Å². The standard InChI is InChI=1S/C20H31N5O2S/c1-15(2)7-8-20(3,4)27-19(26)25-12-10-24(11-13-25)18-16(6-5-9-23-18)17(22)28-14-21/h5-6,9,14-15,21-22H,7-8,10-13H2,1-4H3. The zero-order chi connectivity index (χ0) is 20.7. The number of anilines is 1. The van der Waals surface area contributed by atoms with Crippen molar-refractivity contribution in [1.82, 2.24) is 9.88 Å². The van der Waals surface area contributed by atoms with Gasteiger partial charge in [-0.2, -0.15) is 0 Å². The summed E-state index contributed by atoms with van der Waals surface area (Å²) in [6, 6.07) is 3.64. The molecule has 8 heteroatoms. The predicted octanol–water partition coefficient (Wildman–Crippen LogP) is 4.22. The lowest BCUT2D eigenvalue weighted by molar-refractivity contribution is 0.00479. The van der Waals surface area contributed by atoms with Crippen LogP contribution in [0.2, 0.25) is 0 Å². The van der Waals surface area contributed by atoms with Crippen molar-refractivity contribution < 1.29 is 9.53 Å². The zero-order valence-corrected chi connectivity index (χ0v) is 18.0. The fourth-order valence-corrected chi connectivity index (χ4v) is 3.44. The van der Waals surface area contributed by atoms with Crippen LogP contribution in [0.5, 0.6) is 0 Å². The lowest BCUT2D eigenvalue weighted by Crippen LogP contribution is -2.50. The number of carbonyl (C=O) groups is 1. The van der Waals surface area contributed by atoms with Crippen molar-refractivity contribution in [3.63, 3.8) is 0 Å². The summed E-state index contributed by atoms with van der Waals surface area (Å²) in [5.74, 6) is 1.31. The second kappa shape index (κ2) is 9.91. The van der Waals surface area contributed by atoms with E-state index < -0.39 is 5.60 Å². The first-order chi connectivity index (χ1) is 13.2. The van der Waals surface area contributed by atoms with Crippen LogP contribution in [0.1, 0.15) is 46.1 Å². The van der Waals surface area contributed by atoms with Gasteiger partial charge in [0.2, 0.25) is 0 Å². The highest BCUT2D eigenvalue weighted by Crippen LogP contribution is 2.24. The Morgan fingerprint density at radius 2 is 2.04 bits per heavy atom. The van der Waals surface area contributed by atoms with E-state index in [2.05, 4.69) is 23.7 Å². The van der Waals surface area contributed by atoms with Crippen molar-refractivity contribution >= 4 is 34.3 Å². The highest BCUT2D eigenvalue weighted by atomic mass is 32.2. The molecule has 1 aromatic heterocycles. The van der Waals surface area contributed by atoms with E-state index in [9.17, 15) is 4.79 Å². The van der Waals surface area contributed by atoms with Crippen LogP contribution in [-0.2, 0) is 4.74 Å². The first kappa shape index (κ1) is 22.2. The molecule has 7 nitrogen and oxygen atoms in total. The predicted molar refractivity (Wildman–Crippen MR) is 116 cm³/mol. The Morgan fingerprint density at radius 3 is 2.64 bits per heavy atom. The summed E-state index contributed by atoms with van der Waals surface area (Å²) in [4.78, 5) is 20.8. The third-order valence-electron chi connectivity index (χ3n) is 4.73. The van der Waals surface area contributed by atoms with Crippen LogP contribution in [0, 0.1) is 16.7 Å². The van der Waals surface area contributed by atoms with Crippen molar-refractivity contribution in [3.8, 4) is 0 Å². The fraction of sp³-hybridized carbons (Fsp3) is 0.600. The average Bonchev–Trinajstić information content (AvgIpc) is 2.66. The van der Waals surface area contributed by atoms with Crippen molar-refractivity contribution in [2.24, 2.45) is 5.92 Å². The highest BCUT2D eigenvalue weighted by Gasteiger charge is 2.29. The number of hydrogen-bond donors (Lipinski definition) is 2. The van der Waals surface area contributed by atoms with Crippen LogP contribution >= 0.6 is 11.8 Å². The molecule has 1 fully saturated rings. The molecule has 28 heavy (non-hydrogen) atoms. The molecule has 0 unspecified atom stereocenters. The summed E-state index contributed by atoms with van der Waals surface area (Å²) >= 11 is 1.05. The molecule has 2 rings (SSSR count). The third kappa shape index (κ3) is 6.22. The van der Waals surface area contributed by atoms with E-state index in [1.807, 2.05) is 19.9 Å². The number of amides is 1. The Bertz CT molecular complexity index is 700. The molecule has 1 saturated heterocycles. The number of pyridine rings is 1. The molecule has 2 heterocycles. The minimum atomic E-state index is -0.467. The lowest BCUT2D eigenvalue weighted by Gasteiger charge is -2.37. The van der Waals surface area contributed by atoms with Crippen LogP contribution < -0.4 is 4.90 Å². The minimum absolute atomic E-state index is 0.262. The maximum absolute atomic E-state index is 12.6. The van der Waals surface area contributed by atoms with Gasteiger partial charge in [-0.25, -0.2) is 9.78 Å². The van der Waals surface area contributed by atoms with Gasteiger partial charge in [0.15, 0.2) is 0 Å². The Balaban J connectivity index is 1.95. The average molecular weight is 406 g/mol. The van der Waals surface area contributed by atoms with E-state index in [0.717, 1.165) is 36.0 Å². The van der Waals surface area contributed by atoms with E-state index in [1.54, 1.807) is 17.2 Å². The first-order valence-electron chi connectivity index (χ1n) is 9.66. The lowest BCUT2D eigenvalue weighted by atomic mass is 9.97. The van der Waals surface area contributed by atoms with Crippen molar-refractivity contribution in [2.45, 2.75) is 46.1 Å². The van der Waals surface area contributed by atoms with Gasteiger partial charge in [-0.3, -0.25) is 5.41 Å². The number of carbonyl (C=O) groups excluding carboxylic acids is 1. The largest absolute Gasteiger partial charge is 0.443 e. The van der Waals surface area contributed by atoms with Crippen LogP contribution in [0.4, 0.5) is 10.6 Å². The molecule has 1 amide bonds. The van der Waals surface area contributed by atoms with E-state index >= 15 is 0 Å². The Labute approximate surface area is 171 Å². The molecular weight excluding hydrogens is 374 g/mol. The number of nitrogens with zero attached hydrogens (tertiary/aromatic N) is 3. The summed E-state index contributed by atoms with van der Waals surface area (Å²) in [5, 5.41) is 15.6. The van der Waals surface area contributed by atoms with Crippen molar-refractivity contribution in [2.75, 3.05) is 31.1 Å². The van der Waals surface area contributed by atoms with Crippen LogP contribution in [0.3, 0.4) is 0 Å². The molecule has 1 aliphatic heterocycles. The molecule has 0 atom stereocenters. The number of ether oxygens (including phenoxy) is 1. The maximum Gasteiger partial charge on any atom is 0.410 e. The molecule has 154 valence electrons. The van der Waals surface area contributed by atoms with Gasteiger partial charge in [0.05, 0.1) is 5.55 Å². The summed E-state index contributed by atoms with van der Waals surface area (Å²) in [7, 11) is 0. The highest BCUT2D eigenvalue weighted by molar-refractivity contribution is 8.25. The molecule has 0 bridgehead atoms. The Kier molecular flexibility index (Phi) is 7.86. The third-order valence-corrected chi connectivity index (χ3v) is 5.31. The molecule has 0 radical (unpaired) electrons. The number of nitrogens with one attached hydrogen (secondary N) is 2. The molecular formula is C20H31N5O2S. The molecule has 1 aliphatic rings. The van der Waals surface area contributed by atoms with E-state index in [0.29, 0.717) is 42.7 Å². The second-order valence-electron chi connectivity index (χ2n) is 7.97. The monoisotopic (exact) mass is 405 g/mol. The molecule has 0 aromatic carbocycles. The van der Waals surface area contributed by atoms with Gasteiger partial charge in [-0.05, 0) is 44.7 Å². The molecule has 0 spiro atoms. The SMILES string of the molecule is CC(C)CCC(C)(C)OC(=O)N1CCN(c2ncccc2C(=N)SC=N)CC1. The van der Waals surface area contributed by atoms with Crippen molar-refractivity contribution in [1.29, 1.82) is 10.8 Å². The smallest absolute Gasteiger partial charge is 0.410 e. The van der Waals surface area contributed by atoms with Gasteiger partial charge in [-0.15, -0.1) is 0 Å². The topological polar surface area (TPSA) is 93.4 Å². The molecule has 1 aromatic rings. The molecule has 0 saturated carbocycles. The number of rotatable bonds is 7. The number of aromatic nitrogens is 1. The quantitative estimate of drug-likeness (QED) is 0.523. The zero-order valence-electron chi connectivity index (χ0n) is 17.2. The van der Waals surface area contributed by atoms with E-state index in [4.69, 9.17) is 15.6 Å². The van der Waals surface area contributed by atoms with Gasteiger partial charge < -0.3 is 19.9 Å². The van der Waals surface area contributed by atoms with Gasteiger partial charge in [0.25, 0.3) is 0 Å². The van der Waals surface area contributed by atoms with Crippen LogP contribution in [-0.4, -0.2) is 58.3 Å². The number of hydrogen-bond acceptors (Lipinski definition) is 7. The fourth-order valence-electron chi connectivity index (χ4n) is 3.04. The van der Waals surface area contributed by atoms with E-state index in [1.165, 1.54) is 0 Å². The minimum Gasteiger partial charge on any atom is -0.443 e. The Hall–Kier alpha value is -2.09. The maximum atomic E-state index is 12.6. The van der Waals surface area contributed by atoms with E-state index in [-0.39, 0.29) is 6.09 Å². The van der Waals surface area contributed by atoms with Gasteiger partial charge >= 0.3 is 6.09 Å². The Morgan fingerprint density at radius 1 is 1.36 bits per heavy atom. The van der Waals surface area contributed by atoms with Crippen LogP contribution in [0.15, 0.2) is 18.3 Å². The molecule has 2 N–H and O–H groups in total. The molecule has 0 aliphatic carbocycles. The normalized spacial score (nSPS) is 14.9. The first-order valence-corrected chi connectivity index (χ1v) is 10.5. The summed E-state index contributed by atoms with van der Waals surface area (Å²) < 4.78 is 5.75. The second-order valence-corrected chi connectivity index (χ2v) is 8.85. The number of thioether (sulfide) groups is 1. The van der Waals surface area contributed by atoms with Crippen LogP contribution in [0.25, 0.3) is 0 Å². The summed E-state index contributed by atoms with van der Waals surface area (Å²) in [6.45, 7) is 10.7. The summed E-state index contributed by atoms with van der Waals surface area (Å²) in [5.41, 5.74) is 1.39. The van der Waals surface area contributed by atoms with Gasteiger partial charge in [0.1, 0.15) is 16.5 Å². The van der Waals surface area contributed by atoms with Gasteiger partial charge in [-0.1, -0.05) is 25.6 Å².